The maximum absolute atomic E-state index is 12.0. The maximum Gasteiger partial charge on any atom is 0.265 e. The topological polar surface area (TPSA) is 48.0 Å². The second-order valence-electron chi connectivity index (χ2n) is 4.20. The standard InChI is InChI=1S/C14H15NO4S2/c1-15-13(16)11(21-14(15)20)7-8-5-9(17-2)12(19-4)10(6-8)18-3/h5-7H,1-4H3/b11-7-. The zero-order chi connectivity index (χ0) is 15.6. The Bertz CT molecular complexity index is 602. The molecule has 2 rings (SSSR count). The van der Waals surface area contributed by atoms with Crippen LogP contribution in [0.1, 0.15) is 5.56 Å². The summed E-state index contributed by atoms with van der Waals surface area (Å²) in [6, 6.07) is 3.56. The molecule has 112 valence electrons. The summed E-state index contributed by atoms with van der Waals surface area (Å²) >= 11 is 6.38. The van der Waals surface area contributed by atoms with Gasteiger partial charge in [-0.05, 0) is 23.8 Å². The van der Waals surface area contributed by atoms with Crippen LogP contribution in [0.25, 0.3) is 6.08 Å². The van der Waals surface area contributed by atoms with Crippen LogP contribution in [0.3, 0.4) is 0 Å². The lowest BCUT2D eigenvalue weighted by atomic mass is 10.1. The van der Waals surface area contributed by atoms with Gasteiger partial charge in [0.2, 0.25) is 5.75 Å². The minimum absolute atomic E-state index is 0.112. The molecule has 0 N–H and O–H groups in total. The van der Waals surface area contributed by atoms with E-state index in [4.69, 9.17) is 26.4 Å². The molecule has 1 aromatic rings. The summed E-state index contributed by atoms with van der Waals surface area (Å²) in [5, 5.41) is 0. The Kier molecular flexibility index (Phi) is 4.74. The first-order valence-corrected chi connectivity index (χ1v) is 7.25. The zero-order valence-corrected chi connectivity index (χ0v) is 13.8. The number of thioether (sulfide) groups is 1. The lowest BCUT2D eigenvalue weighted by Crippen LogP contribution is -2.22. The first-order chi connectivity index (χ1) is 10.0. The smallest absolute Gasteiger partial charge is 0.265 e. The number of ether oxygens (including phenoxy) is 3. The molecule has 1 saturated heterocycles. The number of hydrogen-bond acceptors (Lipinski definition) is 6. The van der Waals surface area contributed by atoms with Crippen molar-refractivity contribution < 1.29 is 19.0 Å². The highest BCUT2D eigenvalue weighted by Crippen LogP contribution is 2.40. The van der Waals surface area contributed by atoms with Crippen LogP contribution in [0.15, 0.2) is 17.0 Å². The predicted octanol–water partition coefficient (Wildman–Crippen LogP) is 2.54. The monoisotopic (exact) mass is 325 g/mol. The lowest BCUT2D eigenvalue weighted by Gasteiger charge is -2.13. The highest BCUT2D eigenvalue weighted by Gasteiger charge is 2.28. The van der Waals surface area contributed by atoms with E-state index < -0.39 is 0 Å². The molecule has 1 aliphatic rings. The van der Waals surface area contributed by atoms with Gasteiger partial charge >= 0.3 is 0 Å². The molecule has 1 amide bonds. The summed E-state index contributed by atoms with van der Waals surface area (Å²) < 4.78 is 16.4. The number of nitrogens with zero attached hydrogens (tertiary/aromatic N) is 1. The Morgan fingerprint density at radius 2 is 1.71 bits per heavy atom. The molecule has 21 heavy (non-hydrogen) atoms. The van der Waals surface area contributed by atoms with Crippen LogP contribution in [0.5, 0.6) is 17.2 Å². The molecule has 0 aliphatic carbocycles. The molecule has 1 aliphatic heterocycles. The van der Waals surface area contributed by atoms with Crippen molar-refractivity contribution in [2.75, 3.05) is 28.4 Å². The third-order valence-electron chi connectivity index (χ3n) is 2.97. The lowest BCUT2D eigenvalue weighted by molar-refractivity contribution is -0.121. The van der Waals surface area contributed by atoms with Crippen LogP contribution >= 0.6 is 24.0 Å². The Hall–Kier alpha value is -1.73. The van der Waals surface area contributed by atoms with Crippen molar-refractivity contribution in [3.05, 3.63) is 22.6 Å². The van der Waals surface area contributed by atoms with E-state index in [1.54, 1.807) is 46.6 Å². The quantitative estimate of drug-likeness (QED) is 0.626. The van der Waals surface area contributed by atoms with Gasteiger partial charge in [-0.1, -0.05) is 24.0 Å². The fourth-order valence-electron chi connectivity index (χ4n) is 1.88. The maximum atomic E-state index is 12.0. The number of thiocarbonyl (C=S) groups is 1. The molecule has 1 fully saturated rings. The van der Waals surface area contributed by atoms with Crippen molar-refractivity contribution in [3.8, 4) is 17.2 Å². The molecular formula is C14H15NO4S2. The van der Waals surface area contributed by atoms with Crippen LogP contribution in [-0.4, -0.2) is 43.5 Å². The summed E-state index contributed by atoms with van der Waals surface area (Å²) in [6.45, 7) is 0. The average Bonchev–Trinajstić information content (AvgIpc) is 2.73. The molecule has 0 saturated carbocycles. The van der Waals surface area contributed by atoms with Crippen LogP contribution in [0.4, 0.5) is 0 Å². The number of carbonyl (C=O) groups is 1. The SMILES string of the molecule is COc1cc(/C=C2\SC(=S)N(C)C2=O)cc(OC)c1OC. The molecule has 0 radical (unpaired) electrons. The highest BCUT2D eigenvalue weighted by molar-refractivity contribution is 8.26. The number of amides is 1. The van der Waals surface area contributed by atoms with Crippen molar-refractivity contribution in [3.63, 3.8) is 0 Å². The van der Waals surface area contributed by atoms with Gasteiger partial charge in [0, 0.05) is 7.05 Å². The van der Waals surface area contributed by atoms with Gasteiger partial charge in [-0.15, -0.1) is 0 Å². The molecule has 5 nitrogen and oxygen atoms in total. The van der Waals surface area contributed by atoms with E-state index in [1.165, 1.54) is 16.7 Å². The normalized spacial score (nSPS) is 16.6. The summed E-state index contributed by atoms with van der Waals surface area (Å²) in [5.74, 6) is 1.48. The third-order valence-corrected chi connectivity index (χ3v) is 4.46. The number of carbonyl (C=O) groups excluding carboxylic acids is 1. The van der Waals surface area contributed by atoms with Gasteiger partial charge in [0.25, 0.3) is 5.91 Å². The number of rotatable bonds is 4. The predicted molar refractivity (Wildman–Crippen MR) is 87.0 cm³/mol. The van der Waals surface area contributed by atoms with Crippen LogP contribution in [-0.2, 0) is 4.79 Å². The third kappa shape index (κ3) is 2.98. The molecular weight excluding hydrogens is 310 g/mol. The van der Waals surface area contributed by atoms with Crippen molar-refractivity contribution in [1.29, 1.82) is 0 Å². The number of methoxy groups -OCH3 is 3. The molecule has 7 heteroatoms. The van der Waals surface area contributed by atoms with Gasteiger partial charge in [0.15, 0.2) is 11.5 Å². The molecule has 0 aromatic heterocycles. The van der Waals surface area contributed by atoms with Gasteiger partial charge in [-0.3, -0.25) is 9.69 Å². The fraction of sp³-hybridized carbons (Fsp3) is 0.286. The first kappa shape index (κ1) is 15.7. The number of likely N-dealkylation sites (N-methyl/N-ethyl adjacent to an activating group) is 1. The minimum Gasteiger partial charge on any atom is -0.493 e. The second-order valence-corrected chi connectivity index (χ2v) is 5.88. The Morgan fingerprint density at radius 1 is 1.14 bits per heavy atom. The van der Waals surface area contributed by atoms with Crippen molar-refractivity contribution in [2.24, 2.45) is 0 Å². The van der Waals surface area contributed by atoms with E-state index in [-0.39, 0.29) is 5.91 Å². The second kappa shape index (κ2) is 6.36. The first-order valence-electron chi connectivity index (χ1n) is 6.03. The molecule has 0 atom stereocenters. The van der Waals surface area contributed by atoms with Crippen LogP contribution < -0.4 is 14.2 Å². The van der Waals surface area contributed by atoms with Gasteiger partial charge in [-0.25, -0.2) is 0 Å². The molecule has 0 bridgehead atoms. The van der Waals surface area contributed by atoms with Crippen molar-refractivity contribution in [2.45, 2.75) is 0 Å². The van der Waals surface area contributed by atoms with Gasteiger partial charge < -0.3 is 14.2 Å². The summed E-state index contributed by atoms with van der Waals surface area (Å²) in [6.07, 6.45) is 1.76. The van der Waals surface area contributed by atoms with E-state index in [0.29, 0.717) is 26.5 Å². The minimum atomic E-state index is -0.112. The fourth-order valence-corrected chi connectivity index (χ4v) is 3.06. The van der Waals surface area contributed by atoms with Crippen LogP contribution in [0, 0.1) is 0 Å². The Morgan fingerprint density at radius 3 is 2.10 bits per heavy atom. The number of benzene rings is 1. The highest BCUT2D eigenvalue weighted by atomic mass is 32.2. The number of hydrogen-bond donors (Lipinski definition) is 0. The van der Waals surface area contributed by atoms with Crippen molar-refractivity contribution >= 4 is 40.3 Å². The summed E-state index contributed by atoms with van der Waals surface area (Å²) in [4.78, 5) is 14.0. The van der Waals surface area contributed by atoms with Crippen LogP contribution in [0.2, 0.25) is 0 Å². The van der Waals surface area contributed by atoms with Gasteiger partial charge in [-0.2, -0.15) is 0 Å². The van der Waals surface area contributed by atoms with E-state index in [9.17, 15) is 4.79 Å². The Labute approximate surface area is 132 Å². The van der Waals surface area contributed by atoms with Gasteiger partial charge in [0.1, 0.15) is 4.32 Å². The van der Waals surface area contributed by atoms with Crippen molar-refractivity contribution in [1.82, 2.24) is 4.90 Å². The van der Waals surface area contributed by atoms with E-state index in [2.05, 4.69) is 0 Å². The largest absolute Gasteiger partial charge is 0.493 e. The summed E-state index contributed by atoms with van der Waals surface area (Å²) in [5.41, 5.74) is 0.776. The summed E-state index contributed by atoms with van der Waals surface area (Å²) in [7, 11) is 6.30. The van der Waals surface area contributed by atoms with E-state index in [0.717, 1.165) is 5.56 Å². The Balaban J connectivity index is 2.46. The van der Waals surface area contributed by atoms with E-state index in [1.807, 2.05) is 0 Å². The van der Waals surface area contributed by atoms with Gasteiger partial charge in [0.05, 0.1) is 26.2 Å². The average molecular weight is 325 g/mol. The molecule has 1 aromatic carbocycles. The van der Waals surface area contributed by atoms with E-state index >= 15 is 0 Å². The molecule has 0 spiro atoms. The molecule has 1 heterocycles. The molecule has 0 unspecified atom stereocenters. The zero-order valence-electron chi connectivity index (χ0n) is 12.1.